The van der Waals surface area contributed by atoms with Crippen LogP contribution in [-0.2, 0) is 14.5 Å². The van der Waals surface area contributed by atoms with Gasteiger partial charge in [0.1, 0.15) is 11.6 Å². The Morgan fingerprint density at radius 1 is 1.44 bits per heavy atom. The number of nitrogens with zero attached hydrogens (tertiary/aromatic N) is 1. The van der Waals surface area contributed by atoms with Crippen LogP contribution < -0.4 is 4.74 Å². The molecule has 0 aliphatic rings. The van der Waals surface area contributed by atoms with Gasteiger partial charge in [-0.1, -0.05) is 0 Å². The summed E-state index contributed by atoms with van der Waals surface area (Å²) in [6, 6.07) is 6.57. The van der Waals surface area contributed by atoms with Gasteiger partial charge in [-0.25, -0.2) is 4.21 Å². The van der Waals surface area contributed by atoms with Gasteiger partial charge in [0.05, 0.1) is 16.8 Å². The average molecular weight is 262 g/mol. The molecule has 1 aromatic carbocycles. The van der Waals surface area contributed by atoms with E-state index in [1.165, 1.54) is 6.26 Å². The Morgan fingerprint density at radius 2 is 2.00 bits per heavy atom. The van der Waals surface area contributed by atoms with Crippen LogP contribution >= 0.6 is 11.6 Å². The lowest BCUT2D eigenvalue weighted by atomic mass is 10.3. The Hall–Kier alpha value is -1.07. The highest BCUT2D eigenvalue weighted by Gasteiger charge is 2.08. The molecule has 0 aromatic heterocycles. The normalized spacial score (nSPS) is 13.9. The zero-order valence-electron chi connectivity index (χ0n) is 8.97. The zero-order chi connectivity index (χ0) is 12.2. The van der Waals surface area contributed by atoms with Gasteiger partial charge in [-0.2, -0.15) is 4.36 Å². The number of ether oxygens (including phenoxy) is 1. The number of methoxy groups -OCH3 is 1. The Morgan fingerprint density at radius 3 is 2.44 bits per heavy atom. The van der Waals surface area contributed by atoms with E-state index < -0.39 is 15.6 Å². The van der Waals surface area contributed by atoms with Gasteiger partial charge in [-0.15, -0.1) is 11.6 Å². The Bertz CT molecular complexity index is 489. The summed E-state index contributed by atoms with van der Waals surface area (Å²) in [5.74, 6) is -0.186. The first-order valence-corrected chi connectivity index (χ1v) is 6.90. The number of carbonyl (C=O) groups excluding carboxylic acids is 1. The Kier molecular flexibility index (Phi) is 4.32. The van der Waals surface area contributed by atoms with Crippen molar-refractivity contribution in [2.24, 2.45) is 4.36 Å². The van der Waals surface area contributed by atoms with Crippen molar-refractivity contribution in [3.05, 3.63) is 24.3 Å². The second kappa shape index (κ2) is 5.32. The monoisotopic (exact) mass is 261 g/mol. The van der Waals surface area contributed by atoms with Crippen molar-refractivity contribution < 1.29 is 13.7 Å². The lowest BCUT2D eigenvalue weighted by Crippen LogP contribution is -2.04. The topological polar surface area (TPSA) is 55.7 Å². The first-order valence-electron chi connectivity index (χ1n) is 4.44. The Balaban J connectivity index is 3.12. The second-order valence-electron chi connectivity index (χ2n) is 3.10. The lowest BCUT2D eigenvalue weighted by Gasteiger charge is -2.04. The van der Waals surface area contributed by atoms with E-state index in [9.17, 15) is 9.00 Å². The van der Waals surface area contributed by atoms with Crippen LogP contribution in [0.1, 0.15) is 0 Å². The fraction of sp³-hybridized carbons (Fsp3) is 0.300. The zero-order valence-corrected chi connectivity index (χ0v) is 10.5. The van der Waals surface area contributed by atoms with E-state index >= 15 is 0 Å². The third-order valence-electron chi connectivity index (χ3n) is 1.89. The summed E-state index contributed by atoms with van der Waals surface area (Å²) in [6.45, 7) is 0. The molecule has 0 aliphatic heterocycles. The SMILES string of the molecule is COc1ccc(S(C)(=O)=NC(=O)CCl)cc1. The maximum atomic E-state index is 12.1. The summed E-state index contributed by atoms with van der Waals surface area (Å²) < 4.78 is 20.6. The lowest BCUT2D eigenvalue weighted by molar-refractivity contribution is -0.115. The maximum Gasteiger partial charge on any atom is 0.268 e. The summed E-state index contributed by atoms with van der Waals surface area (Å²) in [6.07, 6.45) is 1.40. The van der Waals surface area contributed by atoms with Crippen LogP contribution in [0.5, 0.6) is 5.75 Å². The predicted octanol–water partition coefficient (Wildman–Crippen LogP) is 1.92. The first kappa shape index (κ1) is 13.0. The van der Waals surface area contributed by atoms with Crippen molar-refractivity contribution in [3.8, 4) is 5.75 Å². The molecule has 0 saturated carbocycles. The molecule has 1 atom stereocenters. The average Bonchev–Trinajstić information content (AvgIpc) is 2.28. The third-order valence-corrected chi connectivity index (χ3v) is 3.81. The molecule has 1 amide bonds. The molecule has 16 heavy (non-hydrogen) atoms. The van der Waals surface area contributed by atoms with Crippen LogP contribution in [0, 0.1) is 0 Å². The molecule has 0 bridgehead atoms. The predicted molar refractivity (Wildman–Crippen MR) is 63.5 cm³/mol. The fourth-order valence-corrected chi connectivity index (χ4v) is 2.43. The maximum absolute atomic E-state index is 12.1. The molecule has 1 aromatic rings. The van der Waals surface area contributed by atoms with Gasteiger partial charge in [-0.3, -0.25) is 4.79 Å². The quantitative estimate of drug-likeness (QED) is 0.781. The summed E-state index contributed by atoms with van der Waals surface area (Å²) in [5.41, 5.74) is 0. The molecule has 6 heteroatoms. The van der Waals surface area contributed by atoms with Gasteiger partial charge in [0.25, 0.3) is 5.91 Å². The first-order chi connectivity index (χ1) is 7.49. The molecule has 0 spiro atoms. The van der Waals surface area contributed by atoms with Crippen molar-refractivity contribution >= 4 is 27.2 Å². The number of alkyl halides is 1. The van der Waals surface area contributed by atoms with Crippen molar-refractivity contribution in [2.75, 3.05) is 19.2 Å². The van der Waals surface area contributed by atoms with E-state index in [2.05, 4.69) is 4.36 Å². The van der Waals surface area contributed by atoms with Crippen LogP contribution in [0.4, 0.5) is 0 Å². The second-order valence-corrected chi connectivity index (χ2v) is 5.62. The molecular formula is C10H12ClNO3S. The molecule has 0 saturated heterocycles. The molecule has 0 aliphatic carbocycles. The highest BCUT2D eigenvalue weighted by molar-refractivity contribution is 7.93. The molecule has 0 radical (unpaired) electrons. The van der Waals surface area contributed by atoms with Gasteiger partial charge in [0, 0.05) is 11.2 Å². The molecule has 0 heterocycles. The minimum Gasteiger partial charge on any atom is -0.497 e. The van der Waals surface area contributed by atoms with Crippen molar-refractivity contribution in [3.63, 3.8) is 0 Å². The number of carbonyl (C=O) groups is 1. The standard InChI is InChI=1S/C10H12ClNO3S/c1-15-8-3-5-9(6-4-8)16(2,14)12-10(13)7-11/h3-6H,7H2,1-2H3. The molecule has 1 rings (SSSR count). The van der Waals surface area contributed by atoms with Gasteiger partial charge in [0.15, 0.2) is 0 Å². The highest BCUT2D eigenvalue weighted by atomic mass is 35.5. The van der Waals surface area contributed by atoms with Crippen molar-refractivity contribution in [1.82, 2.24) is 0 Å². The summed E-state index contributed by atoms with van der Waals surface area (Å²) in [7, 11) is -1.17. The molecule has 1 unspecified atom stereocenters. The van der Waals surface area contributed by atoms with E-state index in [0.717, 1.165) is 0 Å². The fourth-order valence-electron chi connectivity index (χ4n) is 1.10. The number of halogens is 1. The third kappa shape index (κ3) is 3.21. The van der Waals surface area contributed by atoms with Crippen molar-refractivity contribution in [1.29, 1.82) is 0 Å². The number of hydrogen-bond donors (Lipinski definition) is 0. The van der Waals surface area contributed by atoms with Crippen LogP contribution in [-0.4, -0.2) is 29.4 Å². The van der Waals surface area contributed by atoms with Gasteiger partial charge >= 0.3 is 0 Å². The number of rotatable bonds is 3. The van der Waals surface area contributed by atoms with Crippen LogP contribution in [0.2, 0.25) is 0 Å². The van der Waals surface area contributed by atoms with E-state index in [-0.39, 0.29) is 5.88 Å². The highest BCUT2D eigenvalue weighted by Crippen LogP contribution is 2.16. The largest absolute Gasteiger partial charge is 0.497 e. The van der Waals surface area contributed by atoms with Gasteiger partial charge in [-0.05, 0) is 24.3 Å². The van der Waals surface area contributed by atoms with Gasteiger partial charge < -0.3 is 4.74 Å². The Labute approximate surface area is 99.7 Å². The molecular weight excluding hydrogens is 250 g/mol. The summed E-state index contributed by atoms with van der Waals surface area (Å²) >= 11 is 5.30. The van der Waals surface area contributed by atoms with Crippen LogP contribution in [0.15, 0.2) is 33.5 Å². The minimum absolute atomic E-state index is 0.263. The van der Waals surface area contributed by atoms with E-state index in [4.69, 9.17) is 16.3 Å². The molecule has 0 fully saturated rings. The van der Waals surface area contributed by atoms with Crippen LogP contribution in [0.3, 0.4) is 0 Å². The van der Waals surface area contributed by atoms with Crippen molar-refractivity contribution in [2.45, 2.75) is 4.90 Å². The van der Waals surface area contributed by atoms with E-state index in [1.807, 2.05) is 0 Å². The molecule has 0 N–H and O–H groups in total. The van der Waals surface area contributed by atoms with E-state index in [0.29, 0.717) is 10.6 Å². The minimum atomic E-state index is -2.71. The molecule has 88 valence electrons. The number of hydrogen-bond acceptors (Lipinski definition) is 3. The van der Waals surface area contributed by atoms with Crippen LogP contribution in [0.25, 0.3) is 0 Å². The number of amides is 1. The van der Waals surface area contributed by atoms with E-state index in [1.54, 1.807) is 31.4 Å². The van der Waals surface area contributed by atoms with Gasteiger partial charge in [0.2, 0.25) is 0 Å². The molecule has 4 nitrogen and oxygen atoms in total. The smallest absolute Gasteiger partial charge is 0.268 e. The number of benzene rings is 1. The summed E-state index contributed by atoms with van der Waals surface area (Å²) in [5, 5.41) is 0. The summed E-state index contributed by atoms with van der Waals surface area (Å²) in [4.78, 5) is 11.5.